The number of aromatic amines is 2. The number of nitrogens with one attached hydrogen (secondary N) is 2. The van der Waals surface area contributed by atoms with E-state index in [1.54, 1.807) is 13.8 Å². The third kappa shape index (κ3) is 2.46. The smallest absolute Gasteiger partial charge is 0.352 e. The maximum absolute atomic E-state index is 11.5. The van der Waals surface area contributed by atoms with Crippen molar-refractivity contribution >= 4 is 28.6 Å². The Morgan fingerprint density at radius 3 is 2.27 bits per heavy atom. The first-order valence-electron chi connectivity index (χ1n) is 4.02. The fraction of sp³-hybridized carbons (Fsp3) is 0.375. The van der Waals surface area contributed by atoms with Gasteiger partial charge in [0.2, 0.25) is 0 Å². The van der Waals surface area contributed by atoms with Crippen LogP contribution in [0.4, 0.5) is 0 Å². The van der Waals surface area contributed by atoms with Crippen LogP contribution in [0.1, 0.15) is 29.9 Å². The molecular formula is C8H9IN2O4. The second kappa shape index (κ2) is 3.80. The molecule has 0 aliphatic heterocycles. The van der Waals surface area contributed by atoms with E-state index in [0.29, 0.717) is 0 Å². The van der Waals surface area contributed by atoms with Crippen molar-refractivity contribution in [1.29, 1.82) is 0 Å². The maximum Gasteiger partial charge on any atom is 0.352 e. The van der Waals surface area contributed by atoms with E-state index in [0.717, 1.165) is 0 Å². The van der Waals surface area contributed by atoms with Gasteiger partial charge in [0.05, 0.1) is 5.56 Å². The first-order chi connectivity index (χ1) is 6.73. The van der Waals surface area contributed by atoms with Gasteiger partial charge in [-0.25, -0.2) is 9.59 Å². The summed E-state index contributed by atoms with van der Waals surface area (Å²) >= 11 is 1.93. The average Bonchev–Trinajstić information content (AvgIpc) is 1.99. The summed E-state index contributed by atoms with van der Waals surface area (Å²) in [5, 5.41) is 8.85. The molecule has 0 fully saturated rings. The number of alkyl halides is 1. The molecule has 0 aliphatic carbocycles. The number of hydrogen-bond acceptors (Lipinski definition) is 3. The number of aromatic nitrogens is 2. The van der Waals surface area contributed by atoms with Crippen molar-refractivity contribution in [2.24, 2.45) is 0 Å². The fourth-order valence-corrected chi connectivity index (χ4v) is 1.73. The summed E-state index contributed by atoms with van der Waals surface area (Å²) in [4.78, 5) is 37.3. The number of hydrogen-bond donors (Lipinski definition) is 3. The van der Waals surface area contributed by atoms with E-state index in [2.05, 4.69) is 4.98 Å². The van der Waals surface area contributed by atoms with Crippen LogP contribution in [0.2, 0.25) is 0 Å². The van der Waals surface area contributed by atoms with E-state index in [1.165, 1.54) is 0 Å². The van der Waals surface area contributed by atoms with Gasteiger partial charge in [-0.15, -0.1) is 0 Å². The van der Waals surface area contributed by atoms with Crippen LogP contribution in [0.5, 0.6) is 0 Å². The molecule has 0 aliphatic rings. The van der Waals surface area contributed by atoms with Gasteiger partial charge in [-0.1, -0.05) is 22.6 Å². The molecule has 1 aromatic heterocycles. The molecule has 0 saturated heterocycles. The number of carboxylic acids is 1. The molecule has 3 N–H and O–H groups in total. The molecule has 1 heterocycles. The van der Waals surface area contributed by atoms with Gasteiger partial charge in [0.15, 0.2) is 0 Å². The number of H-pyrrole nitrogens is 2. The van der Waals surface area contributed by atoms with Gasteiger partial charge in [-0.2, -0.15) is 0 Å². The van der Waals surface area contributed by atoms with Crippen LogP contribution in [0.25, 0.3) is 0 Å². The zero-order valence-electron chi connectivity index (χ0n) is 8.05. The Bertz CT molecular complexity index is 509. The van der Waals surface area contributed by atoms with E-state index in [1.807, 2.05) is 27.6 Å². The normalized spacial score (nSPS) is 11.4. The Morgan fingerprint density at radius 1 is 1.33 bits per heavy atom. The predicted octanol–water partition coefficient (Wildman–Crippen LogP) is 0.432. The van der Waals surface area contributed by atoms with Crippen molar-refractivity contribution < 1.29 is 9.90 Å². The minimum absolute atomic E-state index is 0.0511. The topological polar surface area (TPSA) is 103 Å². The highest BCUT2D eigenvalue weighted by Gasteiger charge is 2.27. The summed E-state index contributed by atoms with van der Waals surface area (Å²) in [6.07, 6.45) is 0. The van der Waals surface area contributed by atoms with Gasteiger partial charge in [-0.05, 0) is 13.8 Å². The molecular weight excluding hydrogens is 315 g/mol. The molecule has 1 rings (SSSR count). The summed E-state index contributed by atoms with van der Waals surface area (Å²) < 4.78 is -0.677. The highest BCUT2D eigenvalue weighted by molar-refractivity contribution is 14.1. The molecule has 0 radical (unpaired) electrons. The lowest BCUT2D eigenvalue weighted by Gasteiger charge is -2.16. The second-order valence-electron chi connectivity index (χ2n) is 3.44. The van der Waals surface area contributed by atoms with Gasteiger partial charge in [0.25, 0.3) is 5.56 Å². The molecule has 6 nitrogen and oxygen atoms in total. The Labute approximate surface area is 97.9 Å². The molecule has 7 heteroatoms. The Hall–Kier alpha value is -1.12. The van der Waals surface area contributed by atoms with Crippen molar-refractivity contribution in [3.63, 3.8) is 0 Å². The number of halogens is 1. The molecule has 15 heavy (non-hydrogen) atoms. The minimum Gasteiger partial charge on any atom is -0.477 e. The molecule has 0 bridgehead atoms. The third-order valence-electron chi connectivity index (χ3n) is 1.75. The van der Waals surface area contributed by atoms with Crippen LogP contribution in [0.3, 0.4) is 0 Å². The lowest BCUT2D eigenvalue weighted by atomic mass is 10.0. The van der Waals surface area contributed by atoms with Gasteiger partial charge in [-0.3, -0.25) is 9.78 Å². The van der Waals surface area contributed by atoms with Crippen LogP contribution >= 0.6 is 22.6 Å². The van der Waals surface area contributed by atoms with Crippen molar-refractivity contribution in [2.45, 2.75) is 17.3 Å². The van der Waals surface area contributed by atoms with Crippen molar-refractivity contribution in [2.75, 3.05) is 0 Å². The molecule has 82 valence electrons. The molecule has 0 unspecified atom stereocenters. The molecule has 1 aromatic rings. The second-order valence-corrected chi connectivity index (χ2v) is 6.13. The summed E-state index contributed by atoms with van der Waals surface area (Å²) in [7, 11) is 0. The van der Waals surface area contributed by atoms with Crippen molar-refractivity contribution in [3.05, 3.63) is 32.1 Å². The van der Waals surface area contributed by atoms with Gasteiger partial charge >= 0.3 is 11.7 Å². The molecule has 0 spiro atoms. The summed E-state index contributed by atoms with van der Waals surface area (Å²) in [6.45, 7) is 3.37. The maximum atomic E-state index is 11.5. The van der Waals surface area contributed by atoms with Crippen LogP contribution in [-0.4, -0.2) is 21.0 Å². The lowest BCUT2D eigenvalue weighted by Crippen LogP contribution is -2.34. The van der Waals surface area contributed by atoms with Crippen molar-refractivity contribution in [3.8, 4) is 0 Å². The largest absolute Gasteiger partial charge is 0.477 e. The fourth-order valence-electron chi connectivity index (χ4n) is 1.21. The minimum atomic E-state index is -1.32. The van der Waals surface area contributed by atoms with Crippen LogP contribution in [0.15, 0.2) is 9.59 Å². The Kier molecular flexibility index (Phi) is 3.03. The van der Waals surface area contributed by atoms with E-state index >= 15 is 0 Å². The SMILES string of the molecule is CC(C)(I)c1c(C(=O)O)[nH]c(=O)[nH]c1=O. The summed E-state index contributed by atoms with van der Waals surface area (Å²) in [5.41, 5.74) is -1.80. The number of carboxylic acid groups (broad SMARTS) is 1. The van der Waals surface area contributed by atoms with E-state index in [4.69, 9.17) is 5.11 Å². The zero-order valence-corrected chi connectivity index (χ0v) is 10.2. The molecule has 0 atom stereocenters. The molecule has 0 aromatic carbocycles. The van der Waals surface area contributed by atoms with E-state index in [9.17, 15) is 14.4 Å². The Morgan fingerprint density at radius 2 is 1.87 bits per heavy atom. The Balaban J connectivity index is 3.70. The zero-order chi connectivity index (χ0) is 11.8. The van der Waals surface area contributed by atoms with E-state index in [-0.39, 0.29) is 11.3 Å². The number of rotatable bonds is 2. The lowest BCUT2D eigenvalue weighted by molar-refractivity contribution is 0.0687. The summed E-state index contributed by atoms with van der Waals surface area (Å²) in [5.74, 6) is -1.32. The van der Waals surface area contributed by atoms with Gasteiger partial charge < -0.3 is 10.1 Å². The van der Waals surface area contributed by atoms with Crippen LogP contribution < -0.4 is 11.2 Å². The van der Waals surface area contributed by atoms with Crippen LogP contribution in [0, 0.1) is 0 Å². The quantitative estimate of drug-likeness (QED) is 0.542. The standard InChI is InChI=1S/C8H9IN2O4/c1-8(2,9)3-4(6(13)14)10-7(15)11-5(3)12/h1-2H3,(H,13,14)(H2,10,11,12,15). The molecule has 0 amide bonds. The molecule has 0 saturated carbocycles. The highest BCUT2D eigenvalue weighted by atomic mass is 127. The average molecular weight is 324 g/mol. The van der Waals surface area contributed by atoms with Crippen LogP contribution in [-0.2, 0) is 3.42 Å². The number of carbonyl (C=O) groups is 1. The van der Waals surface area contributed by atoms with Gasteiger partial charge in [0.1, 0.15) is 5.69 Å². The van der Waals surface area contributed by atoms with E-state index < -0.39 is 20.6 Å². The number of aromatic carboxylic acids is 1. The highest BCUT2D eigenvalue weighted by Crippen LogP contribution is 2.29. The first-order valence-corrected chi connectivity index (χ1v) is 5.10. The summed E-state index contributed by atoms with van der Waals surface area (Å²) in [6, 6.07) is 0. The predicted molar refractivity (Wildman–Crippen MR) is 61.7 cm³/mol. The first kappa shape index (κ1) is 12.0. The monoisotopic (exact) mass is 324 g/mol. The van der Waals surface area contributed by atoms with Crippen molar-refractivity contribution in [1.82, 2.24) is 9.97 Å². The van der Waals surface area contributed by atoms with Gasteiger partial charge in [0, 0.05) is 3.42 Å². The third-order valence-corrected chi connectivity index (χ3v) is 2.29.